The van der Waals surface area contributed by atoms with Gasteiger partial charge in [0.1, 0.15) is 6.04 Å². The SMILES string of the molecule is CCC[C@@H](C(N)=O)[C@H](CCC(F)(F)F)C(=O)N[C@@H]1C(=O)Nc2ccccc2-c2ccccc21. The highest BCUT2D eigenvalue weighted by molar-refractivity contribution is 6.04. The molecule has 176 valence electrons. The van der Waals surface area contributed by atoms with Crippen LogP contribution in [0.5, 0.6) is 0 Å². The molecule has 3 rings (SSSR count). The third kappa shape index (κ3) is 5.71. The summed E-state index contributed by atoms with van der Waals surface area (Å²) in [7, 11) is 0. The third-order valence-corrected chi connectivity index (χ3v) is 5.82. The van der Waals surface area contributed by atoms with Crippen LogP contribution in [-0.2, 0) is 14.4 Å². The summed E-state index contributed by atoms with van der Waals surface area (Å²) >= 11 is 0. The number of nitrogens with two attached hydrogens (primary N) is 1. The molecule has 2 aromatic carbocycles. The van der Waals surface area contributed by atoms with Crippen LogP contribution < -0.4 is 16.4 Å². The minimum Gasteiger partial charge on any atom is -0.369 e. The van der Waals surface area contributed by atoms with E-state index in [2.05, 4.69) is 10.6 Å². The smallest absolute Gasteiger partial charge is 0.369 e. The number of carbonyl (C=O) groups is 3. The number of halogens is 3. The van der Waals surface area contributed by atoms with Crippen molar-refractivity contribution in [3.8, 4) is 11.1 Å². The molecule has 6 nitrogen and oxygen atoms in total. The van der Waals surface area contributed by atoms with E-state index >= 15 is 0 Å². The molecule has 33 heavy (non-hydrogen) atoms. The summed E-state index contributed by atoms with van der Waals surface area (Å²) in [5.41, 5.74) is 7.97. The van der Waals surface area contributed by atoms with Gasteiger partial charge in [-0.2, -0.15) is 13.2 Å². The zero-order chi connectivity index (χ0) is 24.2. The van der Waals surface area contributed by atoms with E-state index in [1.165, 1.54) is 0 Å². The van der Waals surface area contributed by atoms with Crippen LogP contribution in [0.1, 0.15) is 44.2 Å². The Kier molecular flexibility index (Phi) is 7.40. The van der Waals surface area contributed by atoms with Crippen molar-refractivity contribution < 1.29 is 27.6 Å². The zero-order valence-electron chi connectivity index (χ0n) is 18.1. The van der Waals surface area contributed by atoms with E-state index < -0.39 is 54.6 Å². The van der Waals surface area contributed by atoms with Crippen LogP contribution >= 0.6 is 0 Å². The number of para-hydroxylation sites is 1. The van der Waals surface area contributed by atoms with E-state index in [1.54, 1.807) is 43.3 Å². The van der Waals surface area contributed by atoms with Crippen molar-refractivity contribution in [2.45, 2.75) is 44.8 Å². The van der Waals surface area contributed by atoms with Gasteiger partial charge < -0.3 is 16.4 Å². The maximum Gasteiger partial charge on any atom is 0.389 e. The predicted octanol–water partition coefficient (Wildman–Crippen LogP) is 4.32. The summed E-state index contributed by atoms with van der Waals surface area (Å²) in [6.07, 6.45) is -5.70. The quantitative estimate of drug-likeness (QED) is 0.546. The molecule has 0 saturated heterocycles. The van der Waals surface area contributed by atoms with Crippen LogP contribution in [0.25, 0.3) is 11.1 Å². The Morgan fingerprint density at radius 3 is 2.30 bits per heavy atom. The molecular formula is C24H26F3N3O3. The normalized spacial score (nSPS) is 17.1. The van der Waals surface area contributed by atoms with E-state index in [1.807, 2.05) is 12.1 Å². The number of hydrogen-bond acceptors (Lipinski definition) is 3. The number of nitrogens with one attached hydrogen (secondary N) is 2. The van der Waals surface area contributed by atoms with Gasteiger partial charge in [0.15, 0.2) is 0 Å². The van der Waals surface area contributed by atoms with Crippen LogP contribution in [0.15, 0.2) is 48.5 Å². The largest absolute Gasteiger partial charge is 0.389 e. The van der Waals surface area contributed by atoms with Crippen LogP contribution in [0.3, 0.4) is 0 Å². The summed E-state index contributed by atoms with van der Waals surface area (Å²) < 4.78 is 38.8. The zero-order valence-corrected chi connectivity index (χ0v) is 18.1. The fourth-order valence-corrected chi connectivity index (χ4v) is 4.25. The molecule has 0 unspecified atom stereocenters. The molecule has 2 aromatic rings. The molecule has 1 heterocycles. The Bertz CT molecular complexity index is 1040. The van der Waals surface area contributed by atoms with Crippen LogP contribution in [0.4, 0.5) is 18.9 Å². The number of amides is 3. The minimum atomic E-state index is -4.50. The van der Waals surface area contributed by atoms with Gasteiger partial charge in [0.25, 0.3) is 5.91 Å². The number of carbonyl (C=O) groups excluding carboxylic acids is 3. The van der Waals surface area contributed by atoms with Gasteiger partial charge in [0.05, 0.1) is 0 Å². The van der Waals surface area contributed by atoms with Gasteiger partial charge in [-0.05, 0) is 30.0 Å². The van der Waals surface area contributed by atoms with Gasteiger partial charge in [0.2, 0.25) is 11.8 Å². The number of benzene rings is 2. The predicted molar refractivity (Wildman–Crippen MR) is 118 cm³/mol. The van der Waals surface area contributed by atoms with Crippen LogP contribution in [0, 0.1) is 11.8 Å². The Balaban J connectivity index is 1.95. The number of fused-ring (bicyclic) bond motifs is 3. The monoisotopic (exact) mass is 461 g/mol. The van der Waals surface area contributed by atoms with Gasteiger partial charge in [-0.15, -0.1) is 0 Å². The molecule has 0 radical (unpaired) electrons. The summed E-state index contributed by atoms with van der Waals surface area (Å²) in [5.74, 6) is -4.55. The molecule has 9 heteroatoms. The van der Waals surface area contributed by atoms with Crippen LogP contribution in [0.2, 0.25) is 0 Å². The van der Waals surface area contributed by atoms with Crippen molar-refractivity contribution in [2.75, 3.05) is 5.32 Å². The third-order valence-electron chi connectivity index (χ3n) is 5.82. The van der Waals surface area contributed by atoms with Gasteiger partial charge >= 0.3 is 6.18 Å². The summed E-state index contributed by atoms with van der Waals surface area (Å²) in [6, 6.07) is 13.0. The average Bonchev–Trinajstić information content (AvgIpc) is 2.87. The lowest BCUT2D eigenvalue weighted by atomic mass is 9.83. The van der Waals surface area contributed by atoms with E-state index in [4.69, 9.17) is 5.73 Å². The van der Waals surface area contributed by atoms with Gasteiger partial charge in [-0.3, -0.25) is 14.4 Å². The molecular weight excluding hydrogens is 435 g/mol. The molecule has 0 fully saturated rings. The lowest BCUT2D eigenvalue weighted by molar-refractivity contribution is -0.146. The topological polar surface area (TPSA) is 101 Å². The summed E-state index contributed by atoms with van der Waals surface area (Å²) in [5, 5.41) is 5.38. The second-order valence-corrected chi connectivity index (χ2v) is 8.12. The average molecular weight is 461 g/mol. The molecule has 0 aliphatic carbocycles. The van der Waals surface area contributed by atoms with Crippen LogP contribution in [-0.4, -0.2) is 23.9 Å². The van der Waals surface area contributed by atoms with E-state index in [0.29, 0.717) is 23.2 Å². The molecule has 0 saturated carbocycles. The molecule has 0 bridgehead atoms. The fraction of sp³-hybridized carbons (Fsp3) is 0.375. The summed E-state index contributed by atoms with van der Waals surface area (Å²) in [6.45, 7) is 1.75. The number of alkyl halides is 3. The molecule has 0 aromatic heterocycles. The van der Waals surface area contributed by atoms with Crippen molar-refractivity contribution >= 4 is 23.4 Å². The first-order valence-corrected chi connectivity index (χ1v) is 10.8. The molecule has 4 N–H and O–H groups in total. The highest BCUT2D eigenvalue weighted by Gasteiger charge is 2.38. The van der Waals surface area contributed by atoms with Crippen molar-refractivity contribution in [3.63, 3.8) is 0 Å². The Morgan fingerprint density at radius 1 is 1.03 bits per heavy atom. The van der Waals surface area contributed by atoms with Crippen molar-refractivity contribution in [3.05, 3.63) is 54.1 Å². The fourth-order valence-electron chi connectivity index (χ4n) is 4.25. The highest BCUT2D eigenvalue weighted by Crippen LogP contribution is 2.38. The Labute approximate surface area is 189 Å². The number of hydrogen-bond donors (Lipinski definition) is 3. The first kappa shape index (κ1) is 24.3. The van der Waals surface area contributed by atoms with Crippen molar-refractivity contribution in [2.24, 2.45) is 17.6 Å². The molecule has 1 aliphatic rings. The number of rotatable bonds is 8. The molecule has 1 aliphatic heterocycles. The molecule has 3 atom stereocenters. The maximum atomic E-state index is 13.2. The van der Waals surface area contributed by atoms with Crippen molar-refractivity contribution in [1.29, 1.82) is 0 Å². The molecule has 0 spiro atoms. The second kappa shape index (κ2) is 10.1. The molecule has 3 amide bonds. The van der Waals surface area contributed by atoms with Gasteiger partial charge in [0, 0.05) is 29.5 Å². The Morgan fingerprint density at radius 2 is 1.67 bits per heavy atom. The summed E-state index contributed by atoms with van der Waals surface area (Å²) in [4.78, 5) is 38.3. The maximum absolute atomic E-state index is 13.2. The standard InChI is InChI=1S/C24H26F3N3O3/c1-2-7-17(21(28)31)18(12-13-24(25,26)27)22(32)30-20-16-10-4-3-8-14(16)15-9-5-6-11-19(15)29-23(20)33/h3-6,8-11,17-18,20H,2,7,12-13H2,1H3,(H2,28,31)(H,29,33)(H,30,32)/t17-,18+,20+/m1/s1. The lowest BCUT2D eigenvalue weighted by Gasteiger charge is -2.27. The Hall–Kier alpha value is -3.36. The van der Waals surface area contributed by atoms with E-state index in [-0.39, 0.29) is 6.42 Å². The lowest BCUT2D eigenvalue weighted by Crippen LogP contribution is -2.44. The first-order chi connectivity index (χ1) is 15.6. The van der Waals surface area contributed by atoms with Gasteiger partial charge in [-0.1, -0.05) is 55.8 Å². The van der Waals surface area contributed by atoms with Crippen molar-refractivity contribution in [1.82, 2.24) is 5.32 Å². The minimum absolute atomic E-state index is 0.171. The second-order valence-electron chi connectivity index (χ2n) is 8.12. The number of primary amides is 1. The highest BCUT2D eigenvalue weighted by atomic mass is 19.4. The van der Waals surface area contributed by atoms with Gasteiger partial charge in [-0.25, -0.2) is 0 Å². The first-order valence-electron chi connectivity index (χ1n) is 10.8. The van der Waals surface area contributed by atoms with E-state index in [0.717, 1.165) is 5.56 Å². The number of anilines is 1. The van der Waals surface area contributed by atoms with E-state index in [9.17, 15) is 27.6 Å².